The van der Waals surface area contributed by atoms with E-state index in [1.165, 1.54) is 5.69 Å². The van der Waals surface area contributed by atoms with E-state index in [9.17, 15) is 0 Å². The van der Waals surface area contributed by atoms with Crippen molar-refractivity contribution in [1.82, 2.24) is 9.78 Å². The molecule has 4 heteroatoms. The van der Waals surface area contributed by atoms with Gasteiger partial charge in [-0.2, -0.15) is 5.10 Å². The van der Waals surface area contributed by atoms with E-state index in [2.05, 4.69) is 25.0 Å². The Hall–Kier alpha value is -0.870. The normalized spacial score (nSPS) is 15.1. The molecule has 4 nitrogen and oxygen atoms in total. The summed E-state index contributed by atoms with van der Waals surface area (Å²) in [5.74, 6) is 0. The Morgan fingerprint density at radius 2 is 2.19 bits per heavy atom. The molecule has 1 aromatic rings. The summed E-state index contributed by atoms with van der Waals surface area (Å²) in [7, 11) is 3.68. The minimum Gasteiger partial charge on any atom is -0.380 e. The number of rotatable bonds is 6. The summed E-state index contributed by atoms with van der Waals surface area (Å²) in [6, 6.07) is 2.16. The van der Waals surface area contributed by atoms with Gasteiger partial charge in [-0.05, 0) is 18.9 Å². The van der Waals surface area contributed by atoms with E-state index in [4.69, 9.17) is 10.5 Å². The third-order valence-electron chi connectivity index (χ3n) is 3.02. The zero-order valence-electron chi connectivity index (χ0n) is 10.7. The second kappa shape index (κ2) is 6.01. The lowest BCUT2D eigenvalue weighted by atomic mass is 10.0. The maximum absolute atomic E-state index is 6.12. The van der Waals surface area contributed by atoms with Crippen molar-refractivity contribution in [1.29, 1.82) is 0 Å². The van der Waals surface area contributed by atoms with Gasteiger partial charge in [0.25, 0.3) is 0 Å². The highest BCUT2D eigenvalue weighted by atomic mass is 16.5. The van der Waals surface area contributed by atoms with E-state index in [0.29, 0.717) is 0 Å². The van der Waals surface area contributed by atoms with E-state index in [0.717, 1.165) is 25.0 Å². The van der Waals surface area contributed by atoms with Crippen LogP contribution in [-0.4, -0.2) is 29.0 Å². The molecule has 16 heavy (non-hydrogen) atoms. The summed E-state index contributed by atoms with van der Waals surface area (Å²) in [6.07, 6.45) is 2.84. The molecule has 2 atom stereocenters. The summed E-state index contributed by atoms with van der Waals surface area (Å²) in [5, 5.41) is 4.41. The summed E-state index contributed by atoms with van der Waals surface area (Å²) in [6.45, 7) is 4.20. The van der Waals surface area contributed by atoms with E-state index < -0.39 is 0 Å². The Bertz CT molecular complexity index is 318. The van der Waals surface area contributed by atoms with Crippen LogP contribution in [0.4, 0.5) is 0 Å². The van der Waals surface area contributed by atoms with Gasteiger partial charge in [-0.3, -0.25) is 4.68 Å². The van der Waals surface area contributed by atoms with Crippen LogP contribution in [0.2, 0.25) is 0 Å². The minimum atomic E-state index is 0.0371. The molecule has 0 fully saturated rings. The lowest BCUT2D eigenvalue weighted by Gasteiger charge is -2.20. The van der Waals surface area contributed by atoms with Crippen molar-refractivity contribution < 1.29 is 4.74 Å². The molecule has 2 unspecified atom stereocenters. The first-order valence-corrected chi connectivity index (χ1v) is 5.92. The Kier molecular flexibility index (Phi) is 4.96. The summed E-state index contributed by atoms with van der Waals surface area (Å²) in [4.78, 5) is 0. The van der Waals surface area contributed by atoms with E-state index in [-0.39, 0.29) is 12.1 Å². The zero-order valence-corrected chi connectivity index (χ0v) is 10.7. The molecule has 92 valence electrons. The SMILES string of the molecule is CCc1cc(CC(N)C(CC)OC)n(C)n1. The van der Waals surface area contributed by atoms with Gasteiger partial charge in [0.05, 0.1) is 11.8 Å². The fourth-order valence-corrected chi connectivity index (χ4v) is 1.95. The monoisotopic (exact) mass is 225 g/mol. The number of nitrogens with two attached hydrogens (primary N) is 1. The number of ether oxygens (including phenoxy) is 1. The van der Waals surface area contributed by atoms with Gasteiger partial charge >= 0.3 is 0 Å². The van der Waals surface area contributed by atoms with Crippen LogP contribution in [0.15, 0.2) is 6.07 Å². The van der Waals surface area contributed by atoms with E-state index in [1.54, 1.807) is 7.11 Å². The van der Waals surface area contributed by atoms with Gasteiger partial charge in [-0.25, -0.2) is 0 Å². The number of aromatic nitrogens is 2. The first kappa shape index (κ1) is 13.2. The van der Waals surface area contributed by atoms with Crippen LogP contribution >= 0.6 is 0 Å². The average Bonchev–Trinajstić information content (AvgIpc) is 2.61. The van der Waals surface area contributed by atoms with Crippen molar-refractivity contribution in [2.75, 3.05) is 7.11 Å². The first-order valence-electron chi connectivity index (χ1n) is 5.92. The van der Waals surface area contributed by atoms with Crippen molar-refractivity contribution in [3.05, 3.63) is 17.5 Å². The minimum absolute atomic E-state index is 0.0371. The van der Waals surface area contributed by atoms with Crippen molar-refractivity contribution in [3.8, 4) is 0 Å². The fourth-order valence-electron chi connectivity index (χ4n) is 1.95. The molecule has 0 saturated carbocycles. The number of aryl methyl sites for hydroxylation is 2. The smallest absolute Gasteiger partial charge is 0.0723 e. The summed E-state index contributed by atoms with van der Waals surface area (Å²) >= 11 is 0. The van der Waals surface area contributed by atoms with Gasteiger partial charge in [0, 0.05) is 32.3 Å². The summed E-state index contributed by atoms with van der Waals surface area (Å²) < 4.78 is 7.27. The van der Waals surface area contributed by atoms with Crippen LogP contribution in [0, 0.1) is 0 Å². The highest BCUT2D eigenvalue weighted by molar-refractivity contribution is 5.11. The van der Waals surface area contributed by atoms with Gasteiger partial charge in [0.2, 0.25) is 0 Å². The predicted octanol–water partition coefficient (Wildman–Crippen LogP) is 1.28. The lowest BCUT2D eigenvalue weighted by molar-refractivity contribution is 0.0768. The van der Waals surface area contributed by atoms with Gasteiger partial charge in [0.1, 0.15) is 0 Å². The molecule has 0 amide bonds. The maximum atomic E-state index is 6.12. The molecule has 0 aliphatic heterocycles. The molecule has 0 aromatic carbocycles. The predicted molar refractivity (Wildman–Crippen MR) is 65.4 cm³/mol. The fraction of sp³-hybridized carbons (Fsp3) is 0.750. The van der Waals surface area contributed by atoms with Crippen molar-refractivity contribution in [2.24, 2.45) is 12.8 Å². The van der Waals surface area contributed by atoms with E-state index in [1.807, 2.05) is 11.7 Å². The molecule has 0 aliphatic rings. The first-order chi connectivity index (χ1) is 7.62. The zero-order chi connectivity index (χ0) is 12.1. The van der Waals surface area contributed by atoms with Gasteiger partial charge in [0.15, 0.2) is 0 Å². The molecule has 0 radical (unpaired) electrons. The lowest BCUT2D eigenvalue weighted by Crippen LogP contribution is -2.38. The average molecular weight is 225 g/mol. The van der Waals surface area contributed by atoms with Gasteiger partial charge in [-0.15, -0.1) is 0 Å². The van der Waals surface area contributed by atoms with Crippen LogP contribution in [0.3, 0.4) is 0 Å². The van der Waals surface area contributed by atoms with Crippen LogP contribution in [0.1, 0.15) is 31.7 Å². The highest BCUT2D eigenvalue weighted by Crippen LogP contribution is 2.10. The molecule has 1 heterocycles. The van der Waals surface area contributed by atoms with Crippen LogP contribution < -0.4 is 5.73 Å². The maximum Gasteiger partial charge on any atom is 0.0723 e. The number of hydrogen-bond acceptors (Lipinski definition) is 3. The Morgan fingerprint density at radius 3 is 2.62 bits per heavy atom. The molecule has 0 aliphatic carbocycles. The Morgan fingerprint density at radius 1 is 1.50 bits per heavy atom. The number of methoxy groups -OCH3 is 1. The van der Waals surface area contributed by atoms with Crippen molar-refractivity contribution in [3.63, 3.8) is 0 Å². The van der Waals surface area contributed by atoms with E-state index >= 15 is 0 Å². The van der Waals surface area contributed by atoms with Crippen LogP contribution in [-0.2, 0) is 24.6 Å². The van der Waals surface area contributed by atoms with Gasteiger partial charge < -0.3 is 10.5 Å². The van der Waals surface area contributed by atoms with Gasteiger partial charge in [-0.1, -0.05) is 13.8 Å². The number of hydrogen-bond donors (Lipinski definition) is 1. The molecule has 0 spiro atoms. The third-order valence-corrected chi connectivity index (χ3v) is 3.02. The molecule has 0 bridgehead atoms. The molecular weight excluding hydrogens is 202 g/mol. The number of nitrogens with zero attached hydrogens (tertiary/aromatic N) is 2. The second-order valence-corrected chi connectivity index (χ2v) is 4.15. The quantitative estimate of drug-likeness (QED) is 0.793. The molecule has 2 N–H and O–H groups in total. The third kappa shape index (κ3) is 3.06. The Labute approximate surface area is 97.8 Å². The largest absolute Gasteiger partial charge is 0.380 e. The van der Waals surface area contributed by atoms with Crippen molar-refractivity contribution >= 4 is 0 Å². The summed E-state index contributed by atoms with van der Waals surface area (Å²) in [5.41, 5.74) is 8.43. The molecule has 0 saturated heterocycles. The van der Waals surface area contributed by atoms with Crippen molar-refractivity contribution in [2.45, 2.75) is 45.3 Å². The second-order valence-electron chi connectivity index (χ2n) is 4.15. The standard InChI is InChI=1S/C12H23N3O/c1-5-9-7-10(15(3)14-9)8-11(13)12(6-2)16-4/h7,11-12H,5-6,8,13H2,1-4H3. The molecule has 1 rings (SSSR count). The van der Waals surface area contributed by atoms with Crippen LogP contribution in [0.25, 0.3) is 0 Å². The topological polar surface area (TPSA) is 53.1 Å². The highest BCUT2D eigenvalue weighted by Gasteiger charge is 2.17. The Balaban J connectivity index is 2.68. The molecular formula is C12H23N3O. The van der Waals surface area contributed by atoms with Crippen LogP contribution in [0.5, 0.6) is 0 Å². The molecule has 1 aromatic heterocycles.